The molecule has 2 bridgehead atoms. The first-order valence-corrected chi connectivity index (χ1v) is 27.5. The third kappa shape index (κ3) is 11.2. The van der Waals surface area contributed by atoms with E-state index in [-0.39, 0.29) is 72.9 Å². The Morgan fingerprint density at radius 3 is 2.35 bits per heavy atom. The Morgan fingerprint density at radius 1 is 0.890 bits per heavy atom. The van der Waals surface area contributed by atoms with Gasteiger partial charge in [0.15, 0.2) is 5.75 Å². The fraction of sp³-hybridized carbons (Fsp3) is 0.344. The van der Waals surface area contributed by atoms with Crippen molar-refractivity contribution in [2.75, 3.05) is 44.9 Å². The predicted molar refractivity (Wildman–Crippen MR) is 302 cm³/mol. The quantitative estimate of drug-likeness (QED) is 0.0520. The predicted octanol–water partition coefficient (Wildman–Crippen LogP) is 7.78. The van der Waals surface area contributed by atoms with Crippen molar-refractivity contribution in [2.45, 2.75) is 89.9 Å². The molecular weight excluding hydrogens is 1050 g/mol. The molecule has 0 radical (unpaired) electrons. The number of aromatic nitrogens is 7. The Bertz CT molecular complexity index is 3700. The molecule has 21 heteroatoms. The molecule has 8 aromatic rings. The molecule has 2 fully saturated rings. The van der Waals surface area contributed by atoms with Crippen LogP contribution in [0.5, 0.6) is 17.5 Å². The van der Waals surface area contributed by atoms with Gasteiger partial charge in [-0.25, -0.2) is 13.5 Å². The maximum atomic E-state index is 15.7. The minimum absolute atomic E-state index is 0.0223. The van der Waals surface area contributed by atoms with Gasteiger partial charge in [0, 0.05) is 61.4 Å². The van der Waals surface area contributed by atoms with Crippen molar-refractivity contribution in [1.82, 2.24) is 50.5 Å². The van der Waals surface area contributed by atoms with Crippen molar-refractivity contribution in [3.05, 3.63) is 144 Å². The van der Waals surface area contributed by atoms with Gasteiger partial charge in [-0.15, -0.1) is 5.10 Å². The number of β-amino-alcohol motifs (C(OH)–C–C–N with tert-alkyl or cyclic N) is 1. The number of benzene rings is 4. The van der Waals surface area contributed by atoms with E-state index in [4.69, 9.17) is 29.2 Å². The van der Waals surface area contributed by atoms with Gasteiger partial charge < -0.3 is 50.0 Å². The summed E-state index contributed by atoms with van der Waals surface area (Å²) in [6.45, 7) is 8.41. The minimum Gasteiger partial charge on any atom is -0.508 e. The summed E-state index contributed by atoms with van der Waals surface area (Å²) < 4.78 is 50.2. The zero-order chi connectivity index (χ0) is 57.3. The molecule has 4 aromatic carbocycles. The molecule has 2 amide bonds. The van der Waals surface area contributed by atoms with Gasteiger partial charge in [0.1, 0.15) is 65.1 Å². The number of halogens is 2. The van der Waals surface area contributed by atoms with Gasteiger partial charge in [0.05, 0.1) is 49.2 Å². The second kappa shape index (κ2) is 23.5. The van der Waals surface area contributed by atoms with Gasteiger partial charge in [-0.3, -0.25) is 19.6 Å². The molecule has 6 atom stereocenters. The van der Waals surface area contributed by atoms with Gasteiger partial charge in [0.25, 0.3) is 11.8 Å². The number of piperazine rings is 1. The van der Waals surface area contributed by atoms with E-state index in [0.29, 0.717) is 91.8 Å². The topological polar surface area (TPSA) is 235 Å². The maximum Gasteiger partial charge on any atom is 0.319 e. The Morgan fingerprint density at radius 2 is 1.65 bits per heavy atom. The number of nitrogens with one attached hydrogen (secondary N) is 2. The molecule has 0 aliphatic carbocycles. The van der Waals surface area contributed by atoms with Crippen molar-refractivity contribution in [1.29, 1.82) is 0 Å². The lowest BCUT2D eigenvalue weighted by atomic mass is 9.94. The summed E-state index contributed by atoms with van der Waals surface area (Å²) >= 11 is 0. The first kappa shape index (κ1) is 55.4. The molecule has 82 heavy (non-hydrogen) atoms. The highest BCUT2D eigenvalue weighted by Crippen LogP contribution is 2.44. The van der Waals surface area contributed by atoms with Crippen molar-refractivity contribution < 1.29 is 47.9 Å². The summed E-state index contributed by atoms with van der Waals surface area (Å²) in [7, 11) is 1.60. The van der Waals surface area contributed by atoms with E-state index in [9.17, 15) is 29.3 Å². The second-order valence-electron chi connectivity index (χ2n) is 21.4. The van der Waals surface area contributed by atoms with E-state index in [2.05, 4.69) is 30.8 Å². The lowest BCUT2D eigenvalue weighted by Gasteiger charge is -2.34. The first-order chi connectivity index (χ1) is 39.7. The average Bonchev–Trinajstić information content (AvgIpc) is 3.02. The summed E-state index contributed by atoms with van der Waals surface area (Å²) in [5.74, 6) is -1.53. The van der Waals surface area contributed by atoms with E-state index in [1.54, 1.807) is 68.0 Å². The lowest BCUT2D eigenvalue weighted by molar-refractivity contribution is -0.137. The molecule has 3 aliphatic rings. The minimum atomic E-state index is -1.14. The Balaban J connectivity index is 0.863. The van der Waals surface area contributed by atoms with Gasteiger partial charge in [0.2, 0.25) is 0 Å². The fourth-order valence-electron chi connectivity index (χ4n) is 11.2. The van der Waals surface area contributed by atoms with Gasteiger partial charge >= 0.3 is 6.01 Å². The maximum absolute atomic E-state index is 15.7. The Kier molecular flexibility index (Phi) is 15.9. The molecule has 2 unspecified atom stereocenters. The molecular formula is C61H63F2N11O8. The van der Waals surface area contributed by atoms with Gasteiger partial charge in [-0.05, 0) is 95.5 Å². The Labute approximate surface area is 471 Å². The number of aryl methyl sites for hydroxylation is 1. The summed E-state index contributed by atoms with van der Waals surface area (Å²) in [6, 6.07) is 20.8. The van der Waals surface area contributed by atoms with Gasteiger partial charge in [-0.2, -0.15) is 9.97 Å². The number of carbonyl (C=O) groups is 2. The molecule has 424 valence electrons. The number of amides is 2. The van der Waals surface area contributed by atoms with Crippen LogP contribution in [0.4, 0.5) is 14.6 Å². The summed E-state index contributed by atoms with van der Waals surface area (Å²) in [5.41, 5.74) is 4.94. The van der Waals surface area contributed by atoms with Crippen LogP contribution in [0, 0.1) is 17.6 Å². The number of anilines is 1. The molecule has 7 heterocycles. The highest BCUT2D eigenvalue weighted by molar-refractivity contribution is 6.04. The SMILES string of the molecule is CCc1c(F)ccc2cc(O)cc(-c3ncc4c(N5CC6CCC(C5)N6)nc(OC[C@H](C)OC)nc4c3OCc3ccc(-c4cn([C@H](C(=O)N5C[C@H](O)C=C5C(=O)N[C@@H](CO)c5ccc(-c6ccncc6F)cc5)C(C)C)nn4)cc3)c12. The smallest absolute Gasteiger partial charge is 0.319 e. The lowest BCUT2D eigenvalue weighted by Crippen LogP contribution is -2.51. The number of aliphatic hydroxyl groups excluding tert-OH is 2. The van der Waals surface area contributed by atoms with Crippen LogP contribution >= 0.6 is 0 Å². The number of phenolic OH excluding ortho intramolecular Hbond substituents is 1. The molecule has 11 rings (SSSR count). The van der Waals surface area contributed by atoms with E-state index >= 15 is 4.39 Å². The zero-order valence-electron chi connectivity index (χ0n) is 46.0. The van der Waals surface area contributed by atoms with Crippen LogP contribution in [0.25, 0.3) is 55.3 Å². The normalized spacial score (nSPS) is 18.0. The van der Waals surface area contributed by atoms with Crippen molar-refractivity contribution in [3.8, 4) is 51.2 Å². The fourth-order valence-corrected chi connectivity index (χ4v) is 11.2. The van der Waals surface area contributed by atoms with E-state index in [1.165, 1.54) is 27.9 Å². The number of fused-ring (bicyclic) bond motifs is 4. The summed E-state index contributed by atoms with van der Waals surface area (Å²) in [4.78, 5) is 50.7. The van der Waals surface area contributed by atoms with Crippen LogP contribution in [-0.2, 0) is 27.4 Å². The molecule has 2 saturated heterocycles. The van der Waals surface area contributed by atoms with Crippen LogP contribution < -0.4 is 25.0 Å². The molecule has 19 nitrogen and oxygen atoms in total. The molecule has 5 N–H and O–H groups in total. The monoisotopic (exact) mass is 1120 g/mol. The highest BCUT2D eigenvalue weighted by atomic mass is 19.1. The van der Waals surface area contributed by atoms with Gasteiger partial charge in [-0.1, -0.05) is 80.6 Å². The number of carbonyl (C=O) groups excluding carboxylic acids is 2. The number of aromatic hydroxyl groups is 1. The molecule has 0 saturated carbocycles. The highest BCUT2D eigenvalue weighted by Gasteiger charge is 2.39. The van der Waals surface area contributed by atoms with Crippen LogP contribution in [0.15, 0.2) is 115 Å². The van der Waals surface area contributed by atoms with Crippen molar-refractivity contribution >= 4 is 39.3 Å². The molecule has 4 aromatic heterocycles. The number of hydrogen-bond donors (Lipinski definition) is 5. The molecule has 3 aliphatic heterocycles. The largest absolute Gasteiger partial charge is 0.508 e. The number of rotatable bonds is 19. The number of aliphatic hydroxyl groups is 2. The third-order valence-corrected chi connectivity index (χ3v) is 15.5. The number of methoxy groups -OCH3 is 1. The third-order valence-electron chi connectivity index (χ3n) is 15.5. The van der Waals surface area contributed by atoms with E-state index < -0.39 is 42.4 Å². The standard InChI is InChI=1S/C61H63F2N11O8/c1-6-44-48(62)18-15-39-21-42(76)22-46(53(39)44)54-57(55-47(24-65-54)58(69-61(68-55)82-31-34(4)80-5)72-26-40-16-17-41(27-72)66-40)81-32-35-7-9-37(10-8-35)50-29-74(71-70-50)56(33(2)3)60(79)73-28-43(77)23-52(73)59(78)67-51(30-75)38-13-11-36(12-14-38)45-19-20-64-25-49(45)63/h7-15,18-25,29,33-34,40-41,43,51,56,66,75-77H,6,16-17,26-28,30-32H2,1-5H3,(H,67,78)/t34-,40?,41?,43+,51-,56-/m0/s1. The second-order valence-corrected chi connectivity index (χ2v) is 21.4. The van der Waals surface area contributed by atoms with E-state index in [1.807, 2.05) is 52.0 Å². The van der Waals surface area contributed by atoms with Crippen LogP contribution in [0.2, 0.25) is 0 Å². The molecule has 0 spiro atoms. The number of hydrogen-bond acceptors (Lipinski definition) is 16. The number of ether oxygens (including phenoxy) is 3. The zero-order valence-corrected chi connectivity index (χ0v) is 46.0. The summed E-state index contributed by atoms with van der Waals surface area (Å²) in [5, 5.41) is 49.5. The number of pyridine rings is 2. The number of nitrogens with zero attached hydrogens (tertiary/aromatic N) is 9. The number of phenols is 1. The summed E-state index contributed by atoms with van der Waals surface area (Å²) in [6.07, 6.45) is 8.35. The van der Waals surface area contributed by atoms with Crippen molar-refractivity contribution in [3.63, 3.8) is 0 Å². The average molecular weight is 1120 g/mol. The Hall–Kier alpha value is -8.50. The van der Waals surface area contributed by atoms with Crippen LogP contribution in [-0.4, -0.2) is 131 Å². The van der Waals surface area contributed by atoms with Crippen LogP contribution in [0.1, 0.15) is 69.3 Å². The first-order valence-electron chi connectivity index (χ1n) is 27.5. The van der Waals surface area contributed by atoms with Crippen molar-refractivity contribution in [2.24, 2.45) is 5.92 Å². The van der Waals surface area contributed by atoms with E-state index in [0.717, 1.165) is 24.6 Å². The van der Waals surface area contributed by atoms with Crippen LogP contribution in [0.3, 0.4) is 0 Å².